The number of halogens is 1. The van der Waals surface area contributed by atoms with Crippen LogP contribution in [0.25, 0.3) is 21.2 Å². The molecule has 3 heterocycles. The number of piperidine rings is 1. The zero-order chi connectivity index (χ0) is 39.2. The molecule has 2 aliphatic heterocycles. The summed E-state index contributed by atoms with van der Waals surface area (Å²) in [5.41, 5.74) is 4.45. The largest absolute Gasteiger partial charge is 0.496 e. The average molecular weight is 798 g/mol. The van der Waals surface area contributed by atoms with Gasteiger partial charge in [-0.2, -0.15) is 0 Å². The fourth-order valence-corrected chi connectivity index (χ4v) is 8.64. The van der Waals surface area contributed by atoms with Gasteiger partial charge in [-0.15, -0.1) is 11.3 Å². The number of thiophene rings is 1. The van der Waals surface area contributed by atoms with Gasteiger partial charge in [-0.25, -0.2) is 4.79 Å². The number of ether oxygens (including phenoxy) is 2. The van der Waals surface area contributed by atoms with E-state index in [1.165, 1.54) is 24.5 Å². The highest BCUT2D eigenvalue weighted by atomic mass is 35.5. The van der Waals surface area contributed by atoms with E-state index >= 15 is 0 Å². The second-order valence-corrected chi connectivity index (χ2v) is 15.4. The van der Waals surface area contributed by atoms with Crippen LogP contribution in [0.3, 0.4) is 0 Å². The quantitative estimate of drug-likeness (QED) is 0.0953. The zero-order valence-corrected chi connectivity index (χ0v) is 32.4. The maximum Gasteiger partial charge on any atom is 0.412 e. The highest BCUT2D eigenvalue weighted by Gasteiger charge is 2.31. The second-order valence-electron chi connectivity index (χ2n) is 13.9. The predicted molar refractivity (Wildman–Crippen MR) is 219 cm³/mol. The summed E-state index contributed by atoms with van der Waals surface area (Å²) in [7, 11) is 1.53. The van der Waals surface area contributed by atoms with Crippen LogP contribution in [0.4, 0.5) is 15.5 Å². The summed E-state index contributed by atoms with van der Waals surface area (Å²) < 4.78 is 12.5. The van der Waals surface area contributed by atoms with Crippen LogP contribution in [0.2, 0.25) is 5.02 Å². The first kappa shape index (κ1) is 39.2. The molecule has 1 saturated heterocycles. The standard InChI is InChI=1S/C42H44ClN5O7S/c1-54-35-22-32(31(43)21-26(35)23-44-24-34(50)28-11-13-33(49)40-29(28)12-14-37(51)46-40)45-38(52)17-20-48-18-15-27(16-19-48)55-42(53)47-41-39(25-7-3-2-4-8-25)30-9-5-6-10-36(30)56-41/h2-14,21-22,27,33-34,40,44,49-50H,15-20,23-24H2,1H3,(H,45,52)(H,46,51)(H,47,53)/t33?,34-,40?/m0/s1. The minimum absolute atomic E-state index is 0.186. The van der Waals surface area contributed by atoms with Crippen LogP contribution < -0.4 is 26.0 Å². The lowest BCUT2D eigenvalue weighted by molar-refractivity contribution is -0.118. The monoisotopic (exact) mass is 797 g/mol. The molecule has 4 aromatic rings. The molecular formula is C42H44ClN5O7S. The number of carbonyl (C=O) groups excluding carboxylic acids is 3. The number of carbonyl (C=O) groups is 3. The molecule has 0 bridgehead atoms. The summed E-state index contributed by atoms with van der Waals surface area (Å²) in [6.07, 6.45) is 5.34. The Morgan fingerprint density at radius 3 is 2.59 bits per heavy atom. The number of rotatable bonds is 13. The van der Waals surface area contributed by atoms with Crippen molar-refractivity contribution in [3.05, 3.63) is 113 Å². The van der Waals surface area contributed by atoms with Gasteiger partial charge in [0.1, 0.15) is 16.9 Å². The lowest BCUT2D eigenvalue weighted by Crippen LogP contribution is -2.47. The first-order chi connectivity index (χ1) is 27.2. The van der Waals surface area contributed by atoms with E-state index in [0.717, 1.165) is 31.8 Å². The Bertz CT molecular complexity index is 2180. The number of benzene rings is 3. The summed E-state index contributed by atoms with van der Waals surface area (Å²) in [4.78, 5) is 40.0. The van der Waals surface area contributed by atoms with Gasteiger partial charge in [0.2, 0.25) is 11.8 Å². The molecular weight excluding hydrogens is 754 g/mol. The number of aliphatic hydroxyl groups is 2. The van der Waals surface area contributed by atoms with Crippen molar-refractivity contribution in [2.45, 2.75) is 50.2 Å². The number of likely N-dealkylation sites (tertiary alicyclic amines) is 1. The van der Waals surface area contributed by atoms with Crippen LogP contribution in [0.15, 0.2) is 102 Å². The van der Waals surface area contributed by atoms with E-state index in [-0.39, 0.29) is 30.9 Å². The van der Waals surface area contributed by atoms with Gasteiger partial charge < -0.3 is 40.5 Å². The van der Waals surface area contributed by atoms with E-state index in [1.807, 2.05) is 48.5 Å². The molecule has 1 aliphatic carbocycles. The third kappa shape index (κ3) is 9.15. The normalized spacial score (nSPS) is 19.0. The first-order valence-corrected chi connectivity index (χ1v) is 19.8. The molecule has 292 valence electrons. The number of nitrogens with zero attached hydrogens (tertiary/aromatic N) is 1. The van der Waals surface area contributed by atoms with Crippen LogP contribution >= 0.6 is 22.9 Å². The number of nitrogens with one attached hydrogen (secondary N) is 4. The van der Waals surface area contributed by atoms with Crippen LogP contribution in [0.1, 0.15) is 24.8 Å². The van der Waals surface area contributed by atoms with Crippen molar-refractivity contribution in [3.8, 4) is 16.9 Å². The number of methoxy groups -OCH3 is 1. The average Bonchev–Trinajstić information content (AvgIpc) is 3.56. The third-order valence-corrected chi connectivity index (χ3v) is 11.6. The molecule has 12 nitrogen and oxygen atoms in total. The molecule has 0 saturated carbocycles. The van der Waals surface area contributed by atoms with E-state index < -0.39 is 24.3 Å². The summed E-state index contributed by atoms with van der Waals surface area (Å²) in [6.45, 7) is 2.44. The summed E-state index contributed by atoms with van der Waals surface area (Å²) >= 11 is 8.13. The molecule has 1 fully saturated rings. The van der Waals surface area contributed by atoms with Crippen molar-refractivity contribution in [1.82, 2.24) is 15.5 Å². The van der Waals surface area contributed by atoms with Crippen LogP contribution in [0, 0.1) is 0 Å². The number of aliphatic hydroxyl groups excluding tert-OH is 2. The van der Waals surface area contributed by atoms with Gasteiger partial charge in [0, 0.05) is 72.5 Å². The Balaban J connectivity index is 0.859. The molecule has 3 aliphatic rings. The van der Waals surface area contributed by atoms with Crippen molar-refractivity contribution in [2.24, 2.45) is 0 Å². The second kappa shape index (κ2) is 17.8. The van der Waals surface area contributed by atoms with Gasteiger partial charge in [0.05, 0.1) is 36.1 Å². The van der Waals surface area contributed by atoms with Crippen LogP contribution in [-0.2, 0) is 20.9 Å². The molecule has 0 spiro atoms. The van der Waals surface area contributed by atoms with Crippen molar-refractivity contribution >= 4 is 61.6 Å². The Morgan fingerprint density at radius 2 is 1.80 bits per heavy atom. The molecule has 1 aromatic heterocycles. The smallest absolute Gasteiger partial charge is 0.412 e. The molecule has 14 heteroatoms. The lowest BCUT2D eigenvalue weighted by atomic mass is 9.86. The Kier molecular flexibility index (Phi) is 12.5. The van der Waals surface area contributed by atoms with Crippen molar-refractivity contribution < 1.29 is 34.1 Å². The van der Waals surface area contributed by atoms with Crippen LogP contribution in [0.5, 0.6) is 5.75 Å². The van der Waals surface area contributed by atoms with Gasteiger partial charge in [-0.3, -0.25) is 14.9 Å². The molecule has 56 heavy (non-hydrogen) atoms. The molecule has 7 rings (SSSR count). The molecule has 6 N–H and O–H groups in total. The minimum atomic E-state index is -0.903. The maximum atomic E-state index is 13.1. The number of anilines is 2. The molecule has 3 aromatic carbocycles. The summed E-state index contributed by atoms with van der Waals surface area (Å²) in [5, 5.41) is 35.3. The Labute approximate surface area is 333 Å². The fourth-order valence-electron chi connectivity index (χ4n) is 7.30. The Hall–Kier alpha value is -5.02. The number of hydrogen-bond acceptors (Lipinski definition) is 10. The number of hydrogen-bond donors (Lipinski definition) is 6. The topological polar surface area (TPSA) is 161 Å². The van der Waals surface area contributed by atoms with E-state index in [9.17, 15) is 24.6 Å². The maximum absolute atomic E-state index is 13.1. The van der Waals surface area contributed by atoms with Gasteiger partial charge in [-0.05, 0) is 41.7 Å². The lowest BCUT2D eigenvalue weighted by Gasteiger charge is -2.32. The van der Waals surface area contributed by atoms with Gasteiger partial charge in [-0.1, -0.05) is 78.4 Å². The van der Waals surface area contributed by atoms with E-state index in [1.54, 1.807) is 30.4 Å². The Morgan fingerprint density at radius 1 is 1.04 bits per heavy atom. The summed E-state index contributed by atoms with van der Waals surface area (Å²) in [6, 6.07) is 20.9. The van der Waals surface area contributed by atoms with E-state index in [0.29, 0.717) is 66.6 Å². The fraction of sp³-hybridized carbons (Fsp3) is 0.310. The van der Waals surface area contributed by atoms with Gasteiger partial charge in [0.25, 0.3) is 0 Å². The number of fused-ring (bicyclic) bond motifs is 2. The van der Waals surface area contributed by atoms with E-state index in [4.69, 9.17) is 21.1 Å². The molecule has 2 unspecified atom stereocenters. The molecule has 3 atom stereocenters. The third-order valence-electron chi connectivity index (χ3n) is 10.2. The van der Waals surface area contributed by atoms with Crippen molar-refractivity contribution in [1.29, 1.82) is 0 Å². The molecule has 0 radical (unpaired) electrons. The summed E-state index contributed by atoms with van der Waals surface area (Å²) in [5.74, 6) is 0.0306. The zero-order valence-electron chi connectivity index (χ0n) is 30.8. The highest BCUT2D eigenvalue weighted by Crippen LogP contribution is 2.42. The SMILES string of the molecule is COc1cc(NC(=O)CCN2CCC(OC(=O)Nc3sc4ccccc4c3-c3ccccc3)CC2)c(Cl)cc1CNC[C@H](O)C1=C2C=CC(=O)NC2C(O)C=C1. The van der Waals surface area contributed by atoms with Crippen molar-refractivity contribution in [3.63, 3.8) is 0 Å². The van der Waals surface area contributed by atoms with Crippen LogP contribution in [-0.4, -0.2) is 90.7 Å². The van der Waals surface area contributed by atoms with Crippen molar-refractivity contribution in [2.75, 3.05) is 43.9 Å². The number of amides is 3. The van der Waals surface area contributed by atoms with Gasteiger partial charge >= 0.3 is 6.09 Å². The first-order valence-electron chi connectivity index (χ1n) is 18.6. The minimum Gasteiger partial charge on any atom is -0.496 e. The van der Waals surface area contributed by atoms with Gasteiger partial charge in [0.15, 0.2) is 0 Å². The van der Waals surface area contributed by atoms with E-state index in [2.05, 4.69) is 32.2 Å². The predicted octanol–water partition coefficient (Wildman–Crippen LogP) is 6.00. The highest BCUT2D eigenvalue weighted by molar-refractivity contribution is 7.23. The molecule has 3 amide bonds.